The SMILES string of the molecule is OCCC1CN(Cc2cc3ccccc3[nH]2)CCN1Cc1ccccc1F. The zero-order chi connectivity index (χ0) is 18.6. The van der Waals surface area contributed by atoms with Crippen molar-refractivity contribution in [3.05, 3.63) is 71.7 Å². The first-order valence-corrected chi connectivity index (χ1v) is 9.60. The molecular formula is C22H26FN3O. The van der Waals surface area contributed by atoms with Crippen LogP contribution in [-0.2, 0) is 13.1 Å². The summed E-state index contributed by atoms with van der Waals surface area (Å²) in [5, 5.41) is 10.7. The summed E-state index contributed by atoms with van der Waals surface area (Å²) < 4.78 is 14.0. The van der Waals surface area contributed by atoms with Crippen LogP contribution < -0.4 is 0 Å². The zero-order valence-electron chi connectivity index (χ0n) is 15.4. The summed E-state index contributed by atoms with van der Waals surface area (Å²) in [6, 6.07) is 17.7. The molecule has 0 bridgehead atoms. The van der Waals surface area contributed by atoms with Crippen LogP contribution in [0, 0.1) is 5.82 Å². The standard InChI is InChI=1S/C22H26FN3O/c23-21-7-3-1-6-18(21)14-26-11-10-25(16-20(26)9-12-27)15-19-13-17-5-2-4-8-22(17)24-19/h1-8,13,20,24,27H,9-12,14-16H2. The number of aliphatic hydroxyl groups is 1. The number of benzene rings is 2. The van der Waals surface area contributed by atoms with E-state index < -0.39 is 0 Å². The van der Waals surface area contributed by atoms with Gasteiger partial charge in [0.25, 0.3) is 0 Å². The fourth-order valence-electron chi connectivity index (χ4n) is 4.04. The number of para-hydroxylation sites is 1. The molecule has 1 aliphatic heterocycles. The van der Waals surface area contributed by atoms with Gasteiger partial charge in [0.2, 0.25) is 0 Å². The first-order chi connectivity index (χ1) is 13.2. The maximum Gasteiger partial charge on any atom is 0.127 e. The minimum Gasteiger partial charge on any atom is -0.396 e. The van der Waals surface area contributed by atoms with Crippen LogP contribution in [0.4, 0.5) is 4.39 Å². The normalized spacial score (nSPS) is 19.0. The summed E-state index contributed by atoms with van der Waals surface area (Å²) in [6.45, 7) is 4.30. The molecule has 2 aromatic carbocycles. The number of aromatic nitrogens is 1. The molecule has 1 atom stereocenters. The van der Waals surface area contributed by atoms with Gasteiger partial charge in [-0.2, -0.15) is 0 Å². The first-order valence-electron chi connectivity index (χ1n) is 9.60. The first kappa shape index (κ1) is 18.2. The Bertz CT molecular complexity index is 861. The summed E-state index contributed by atoms with van der Waals surface area (Å²) in [4.78, 5) is 8.22. The lowest BCUT2D eigenvalue weighted by molar-refractivity contribution is 0.0488. The number of hydrogen-bond acceptors (Lipinski definition) is 3. The van der Waals surface area contributed by atoms with Gasteiger partial charge in [0.15, 0.2) is 0 Å². The summed E-state index contributed by atoms with van der Waals surface area (Å²) in [7, 11) is 0. The van der Waals surface area contributed by atoms with E-state index in [0.717, 1.165) is 37.3 Å². The molecule has 0 spiro atoms. The van der Waals surface area contributed by atoms with Crippen LogP contribution >= 0.6 is 0 Å². The molecule has 0 saturated carbocycles. The van der Waals surface area contributed by atoms with Crippen molar-refractivity contribution in [2.45, 2.75) is 25.6 Å². The zero-order valence-corrected chi connectivity index (χ0v) is 15.4. The van der Waals surface area contributed by atoms with Gasteiger partial charge >= 0.3 is 0 Å². The lowest BCUT2D eigenvalue weighted by Gasteiger charge is -2.41. The van der Waals surface area contributed by atoms with E-state index in [4.69, 9.17) is 0 Å². The molecule has 2 N–H and O–H groups in total. The highest BCUT2D eigenvalue weighted by molar-refractivity contribution is 5.80. The third-order valence-corrected chi connectivity index (χ3v) is 5.46. The second kappa shape index (κ2) is 8.21. The van der Waals surface area contributed by atoms with Crippen LogP contribution in [0.5, 0.6) is 0 Å². The van der Waals surface area contributed by atoms with Gasteiger partial charge < -0.3 is 10.1 Å². The summed E-state index contributed by atoms with van der Waals surface area (Å²) in [5.41, 5.74) is 3.10. The van der Waals surface area contributed by atoms with Crippen molar-refractivity contribution in [2.24, 2.45) is 0 Å². The lowest BCUT2D eigenvalue weighted by atomic mass is 10.1. The molecule has 0 amide bonds. The molecule has 0 radical (unpaired) electrons. The molecule has 1 saturated heterocycles. The Morgan fingerprint density at radius 3 is 2.67 bits per heavy atom. The van der Waals surface area contributed by atoms with Crippen molar-refractivity contribution < 1.29 is 9.50 Å². The van der Waals surface area contributed by atoms with E-state index in [0.29, 0.717) is 13.0 Å². The molecule has 1 aromatic heterocycles. The largest absolute Gasteiger partial charge is 0.396 e. The van der Waals surface area contributed by atoms with Crippen LogP contribution in [0.3, 0.4) is 0 Å². The molecule has 4 rings (SSSR count). The van der Waals surface area contributed by atoms with Crippen molar-refractivity contribution in [1.82, 2.24) is 14.8 Å². The van der Waals surface area contributed by atoms with Gasteiger partial charge in [0, 0.05) is 62.1 Å². The number of piperazine rings is 1. The monoisotopic (exact) mass is 367 g/mol. The summed E-state index contributed by atoms with van der Waals surface area (Å²) in [6.07, 6.45) is 0.706. The van der Waals surface area contributed by atoms with Gasteiger partial charge in [-0.1, -0.05) is 36.4 Å². The van der Waals surface area contributed by atoms with Gasteiger partial charge in [0.05, 0.1) is 0 Å². The number of aromatic amines is 1. The molecule has 1 unspecified atom stereocenters. The fraction of sp³-hybridized carbons (Fsp3) is 0.364. The fourth-order valence-corrected chi connectivity index (χ4v) is 4.04. The molecule has 142 valence electrons. The third-order valence-electron chi connectivity index (χ3n) is 5.46. The summed E-state index contributed by atoms with van der Waals surface area (Å²) >= 11 is 0. The molecule has 0 aliphatic carbocycles. The van der Waals surface area contributed by atoms with Gasteiger partial charge in [-0.25, -0.2) is 4.39 Å². The number of halogens is 1. The maximum absolute atomic E-state index is 14.0. The highest BCUT2D eigenvalue weighted by Gasteiger charge is 2.27. The van der Waals surface area contributed by atoms with E-state index in [2.05, 4.69) is 39.0 Å². The number of aliphatic hydroxyl groups excluding tert-OH is 1. The van der Waals surface area contributed by atoms with Crippen LogP contribution in [0.15, 0.2) is 54.6 Å². The molecule has 1 fully saturated rings. The van der Waals surface area contributed by atoms with Crippen LogP contribution in [0.1, 0.15) is 17.7 Å². The van der Waals surface area contributed by atoms with Gasteiger partial charge in [-0.3, -0.25) is 9.80 Å². The molecule has 4 nitrogen and oxygen atoms in total. The molecule has 2 heterocycles. The molecule has 1 aliphatic rings. The Hall–Kier alpha value is -2.21. The smallest absolute Gasteiger partial charge is 0.127 e. The average Bonchev–Trinajstić information content (AvgIpc) is 3.08. The number of rotatable bonds is 6. The van der Waals surface area contributed by atoms with Crippen LogP contribution in [0.25, 0.3) is 10.9 Å². The second-order valence-electron chi connectivity index (χ2n) is 7.34. The Morgan fingerprint density at radius 1 is 1.04 bits per heavy atom. The van der Waals surface area contributed by atoms with E-state index in [-0.39, 0.29) is 18.5 Å². The minimum absolute atomic E-state index is 0.151. The molecule has 3 aromatic rings. The van der Waals surface area contributed by atoms with Gasteiger partial charge in [-0.05, 0) is 30.0 Å². The van der Waals surface area contributed by atoms with Crippen molar-refractivity contribution in [2.75, 3.05) is 26.2 Å². The maximum atomic E-state index is 14.0. The molecular weight excluding hydrogens is 341 g/mol. The lowest BCUT2D eigenvalue weighted by Crippen LogP contribution is -2.52. The molecule has 27 heavy (non-hydrogen) atoms. The van der Waals surface area contributed by atoms with E-state index in [1.807, 2.05) is 18.2 Å². The highest BCUT2D eigenvalue weighted by atomic mass is 19.1. The average molecular weight is 367 g/mol. The Labute approximate surface area is 159 Å². The van der Waals surface area contributed by atoms with Crippen LogP contribution in [-0.4, -0.2) is 52.2 Å². The van der Waals surface area contributed by atoms with Crippen molar-refractivity contribution >= 4 is 10.9 Å². The Morgan fingerprint density at radius 2 is 1.85 bits per heavy atom. The number of fused-ring (bicyclic) bond motifs is 1. The number of nitrogens with one attached hydrogen (secondary N) is 1. The van der Waals surface area contributed by atoms with Crippen LogP contribution in [0.2, 0.25) is 0 Å². The van der Waals surface area contributed by atoms with Crippen molar-refractivity contribution in [3.63, 3.8) is 0 Å². The summed E-state index contributed by atoms with van der Waals surface area (Å²) in [5.74, 6) is -0.152. The number of H-pyrrole nitrogens is 1. The third kappa shape index (κ3) is 4.21. The predicted octanol–water partition coefficient (Wildman–Crippen LogP) is 3.38. The number of nitrogens with zero attached hydrogens (tertiary/aromatic N) is 2. The molecule has 5 heteroatoms. The van der Waals surface area contributed by atoms with Gasteiger partial charge in [0.1, 0.15) is 5.82 Å². The van der Waals surface area contributed by atoms with Crippen molar-refractivity contribution in [3.8, 4) is 0 Å². The second-order valence-corrected chi connectivity index (χ2v) is 7.34. The van der Waals surface area contributed by atoms with E-state index in [9.17, 15) is 9.50 Å². The quantitative estimate of drug-likeness (QED) is 0.702. The Balaban J connectivity index is 1.43. The van der Waals surface area contributed by atoms with E-state index >= 15 is 0 Å². The van der Waals surface area contributed by atoms with Crippen molar-refractivity contribution in [1.29, 1.82) is 0 Å². The highest BCUT2D eigenvalue weighted by Crippen LogP contribution is 2.21. The van der Waals surface area contributed by atoms with E-state index in [1.165, 1.54) is 17.1 Å². The number of hydrogen-bond donors (Lipinski definition) is 2. The Kier molecular flexibility index (Phi) is 5.53. The van der Waals surface area contributed by atoms with E-state index in [1.54, 1.807) is 6.07 Å². The predicted molar refractivity (Wildman–Crippen MR) is 106 cm³/mol. The topological polar surface area (TPSA) is 42.5 Å². The minimum atomic E-state index is -0.152. The van der Waals surface area contributed by atoms with Gasteiger partial charge in [-0.15, -0.1) is 0 Å².